The number of hydrogen-bond acceptors (Lipinski definition) is 4. The van der Waals surface area contributed by atoms with Crippen molar-refractivity contribution in [1.82, 2.24) is 4.98 Å². The molecule has 5 nitrogen and oxygen atoms in total. The van der Waals surface area contributed by atoms with Crippen LogP contribution in [0.1, 0.15) is 21.8 Å². The minimum Gasteiger partial charge on any atom is -0.450 e. The second-order valence-electron chi connectivity index (χ2n) is 5.13. The number of aromatic nitrogens is 1. The summed E-state index contributed by atoms with van der Waals surface area (Å²) in [7, 11) is 1.60. The molecule has 1 amide bonds. The van der Waals surface area contributed by atoms with E-state index in [2.05, 4.69) is 20.9 Å². The Bertz CT molecular complexity index is 956. The van der Waals surface area contributed by atoms with E-state index in [4.69, 9.17) is 9.68 Å². The molecule has 0 unspecified atom stereocenters. The van der Waals surface area contributed by atoms with Crippen molar-refractivity contribution in [2.75, 3.05) is 11.9 Å². The van der Waals surface area contributed by atoms with Crippen LogP contribution in [-0.2, 0) is 0 Å². The normalized spacial score (nSPS) is 10.5. The van der Waals surface area contributed by atoms with Crippen LogP contribution in [0.25, 0.3) is 11.0 Å². The van der Waals surface area contributed by atoms with Crippen LogP contribution in [0.4, 0.5) is 5.82 Å². The predicted molar refractivity (Wildman–Crippen MR) is 90.3 cm³/mol. The molecule has 3 aromatic rings. The number of rotatable bonds is 2. The van der Waals surface area contributed by atoms with Crippen molar-refractivity contribution in [3.8, 4) is 6.07 Å². The number of pyridine rings is 1. The number of amides is 1. The molecule has 0 bridgehead atoms. The van der Waals surface area contributed by atoms with E-state index in [-0.39, 0.29) is 17.4 Å². The van der Waals surface area contributed by atoms with Gasteiger partial charge >= 0.3 is 0 Å². The Kier molecular flexibility index (Phi) is 3.89. The Morgan fingerprint density at radius 1 is 1.35 bits per heavy atom. The van der Waals surface area contributed by atoms with Crippen LogP contribution in [0.15, 0.2) is 45.3 Å². The predicted octanol–water partition coefficient (Wildman–Crippen LogP) is 4.05. The lowest BCUT2D eigenvalue weighted by atomic mass is 10.2. The number of nitrogens with zero attached hydrogens (tertiary/aromatic N) is 3. The van der Waals surface area contributed by atoms with Gasteiger partial charge in [0.2, 0.25) is 0 Å². The molecule has 6 heteroatoms. The highest BCUT2D eigenvalue weighted by molar-refractivity contribution is 9.10. The first-order valence-electron chi connectivity index (χ1n) is 6.84. The Labute approximate surface area is 141 Å². The molecule has 0 atom stereocenters. The van der Waals surface area contributed by atoms with E-state index >= 15 is 0 Å². The zero-order valence-corrected chi connectivity index (χ0v) is 14.1. The van der Waals surface area contributed by atoms with Gasteiger partial charge < -0.3 is 4.42 Å². The van der Waals surface area contributed by atoms with Gasteiger partial charge in [-0.25, -0.2) is 4.98 Å². The number of carbonyl (C=O) groups is 1. The molecule has 0 N–H and O–H groups in total. The topological polar surface area (TPSA) is 70.1 Å². The van der Waals surface area contributed by atoms with Crippen molar-refractivity contribution in [3.05, 3.63) is 57.9 Å². The monoisotopic (exact) mass is 369 g/mol. The SMILES string of the molecule is Cc1cc(Br)c2oc(C(=O)N(C)c3cccc(C#N)n3)cc2c1. The fraction of sp³-hybridized carbons (Fsp3) is 0.118. The number of nitriles is 1. The average Bonchev–Trinajstić information content (AvgIpc) is 2.97. The summed E-state index contributed by atoms with van der Waals surface area (Å²) in [4.78, 5) is 18.1. The molecule has 0 aliphatic heterocycles. The van der Waals surface area contributed by atoms with Gasteiger partial charge in [-0.15, -0.1) is 0 Å². The van der Waals surface area contributed by atoms with E-state index in [1.54, 1.807) is 31.3 Å². The largest absolute Gasteiger partial charge is 0.450 e. The summed E-state index contributed by atoms with van der Waals surface area (Å²) < 4.78 is 6.49. The molecule has 0 fully saturated rings. The molecule has 0 spiro atoms. The average molecular weight is 370 g/mol. The maximum Gasteiger partial charge on any atom is 0.294 e. The van der Waals surface area contributed by atoms with Crippen LogP contribution in [0.2, 0.25) is 0 Å². The molecule has 2 aromatic heterocycles. The third-order valence-electron chi connectivity index (χ3n) is 3.42. The van der Waals surface area contributed by atoms with Gasteiger partial charge in [0.1, 0.15) is 23.2 Å². The van der Waals surface area contributed by atoms with Crippen molar-refractivity contribution < 1.29 is 9.21 Å². The molecule has 114 valence electrons. The highest BCUT2D eigenvalue weighted by atomic mass is 79.9. The summed E-state index contributed by atoms with van der Waals surface area (Å²) in [5.41, 5.74) is 1.96. The van der Waals surface area contributed by atoms with E-state index in [1.807, 2.05) is 25.1 Å². The fourth-order valence-electron chi connectivity index (χ4n) is 2.30. The van der Waals surface area contributed by atoms with Crippen LogP contribution in [-0.4, -0.2) is 17.9 Å². The van der Waals surface area contributed by atoms with Gasteiger partial charge in [-0.05, 0) is 58.7 Å². The molecule has 0 saturated heterocycles. The lowest BCUT2D eigenvalue weighted by Crippen LogP contribution is -2.26. The number of fused-ring (bicyclic) bond motifs is 1. The van der Waals surface area contributed by atoms with Gasteiger partial charge in [0.15, 0.2) is 5.76 Å². The molecule has 0 aliphatic carbocycles. The van der Waals surface area contributed by atoms with Crippen molar-refractivity contribution in [1.29, 1.82) is 5.26 Å². The highest BCUT2D eigenvalue weighted by Crippen LogP contribution is 2.29. The summed E-state index contributed by atoms with van der Waals surface area (Å²) in [6, 6.07) is 12.5. The van der Waals surface area contributed by atoms with E-state index in [9.17, 15) is 4.79 Å². The third-order valence-corrected chi connectivity index (χ3v) is 4.01. The summed E-state index contributed by atoms with van der Waals surface area (Å²) in [5, 5.41) is 9.77. The maximum atomic E-state index is 12.6. The smallest absolute Gasteiger partial charge is 0.294 e. The molecule has 23 heavy (non-hydrogen) atoms. The maximum absolute atomic E-state index is 12.6. The Balaban J connectivity index is 1.99. The van der Waals surface area contributed by atoms with E-state index in [1.165, 1.54) is 4.90 Å². The van der Waals surface area contributed by atoms with Gasteiger partial charge in [-0.1, -0.05) is 6.07 Å². The molecular formula is C17H12BrN3O2. The quantitative estimate of drug-likeness (QED) is 0.683. The summed E-state index contributed by atoms with van der Waals surface area (Å²) >= 11 is 3.44. The first-order chi connectivity index (χ1) is 11.0. The minimum atomic E-state index is -0.326. The zero-order valence-electron chi connectivity index (χ0n) is 12.5. The molecule has 0 radical (unpaired) electrons. The number of carbonyl (C=O) groups excluding carboxylic acids is 1. The molecule has 2 heterocycles. The molecule has 1 aromatic carbocycles. The number of furan rings is 1. The van der Waals surface area contributed by atoms with Crippen LogP contribution in [0.3, 0.4) is 0 Å². The lowest BCUT2D eigenvalue weighted by Gasteiger charge is -2.14. The summed E-state index contributed by atoms with van der Waals surface area (Å²) in [6.07, 6.45) is 0. The van der Waals surface area contributed by atoms with Crippen molar-refractivity contribution in [2.24, 2.45) is 0 Å². The summed E-state index contributed by atoms with van der Waals surface area (Å²) in [5.74, 6) is 0.288. The number of aryl methyl sites for hydroxylation is 1. The van der Waals surface area contributed by atoms with Crippen LogP contribution < -0.4 is 4.90 Å². The number of halogens is 1. The van der Waals surface area contributed by atoms with Gasteiger partial charge in [0, 0.05) is 12.4 Å². The van der Waals surface area contributed by atoms with Gasteiger partial charge in [0.05, 0.1) is 4.47 Å². The van der Waals surface area contributed by atoms with Gasteiger partial charge in [-0.2, -0.15) is 5.26 Å². The molecular weight excluding hydrogens is 358 g/mol. The fourth-order valence-corrected chi connectivity index (χ4v) is 2.97. The van der Waals surface area contributed by atoms with Crippen molar-refractivity contribution in [3.63, 3.8) is 0 Å². The van der Waals surface area contributed by atoms with Crippen molar-refractivity contribution in [2.45, 2.75) is 6.92 Å². The number of benzene rings is 1. The molecule has 3 rings (SSSR count). The van der Waals surface area contributed by atoms with Gasteiger partial charge in [0.25, 0.3) is 5.91 Å². The lowest BCUT2D eigenvalue weighted by molar-refractivity contribution is 0.0968. The Morgan fingerprint density at radius 3 is 2.87 bits per heavy atom. The van der Waals surface area contributed by atoms with E-state index < -0.39 is 0 Å². The summed E-state index contributed by atoms with van der Waals surface area (Å²) in [6.45, 7) is 1.97. The third kappa shape index (κ3) is 2.83. The Morgan fingerprint density at radius 2 is 2.13 bits per heavy atom. The first-order valence-corrected chi connectivity index (χ1v) is 7.64. The van der Waals surface area contributed by atoms with Crippen LogP contribution in [0, 0.1) is 18.3 Å². The number of anilines is 1. The second kappa shape index (κ2) is 5.86. The minimum absolute atomic E-state index is 0.220. The molecule has 0 saturated carbocycles. The Hall–Kier alpha value is -2.65. The van der Waals surface area contributed by atoms with Crippen LogP contribution >= 0.6 is 15.9 Å². The van der Waals surface area contributed by atoms with E-state index in [0.29, 0.717) is 11.4 Å². The molecule has 0 aliphatic rings. The second-order valence-corrected chi connectivity index (χ2v) is 5.99. The van der Waals surface area contributed by atoms with Crippen LogP contribution in [0.5, 0.6) is 0 Å². The van der Waals surface area contributed by atoms with Crippen molar-refractivity contribution >= 4 is 38.6 Å². The first kappa shape index (κ1) is 15.3. The standard InChI is InChI=1S/C17H12BrN3O2/c1-10-6-11-8-14(23-16(11)13(18)7-10)17(22)21(2)15-5-3-4-12(9-19)20-15/h3-8H,1-2H3. The highest BCUT2D eigenvalue weighted by Gasteiger charge is 2.20. The number of hydrogen-bond donors (Lipinski definition) is 0. The van der Waals surface area contributed by atoms with E-state index in [0.717, 1.165) is 15.4 Å². The zero-order chi connectivity index (χ0) is 16.6. The van der Waals surface area contributed by atoms with Gasteiger partial charge in [-0.3, -0.25) is 9.69 Å².